The van der Waals surface area contributed by atoms with E-state index in [-0.39, 0.29) is 23.0 Å². The molecule has 0 saturated carbocycles. The van der Waals surface area contributed by atoms with E-state index in [0.29, 0.717) is 11.1 Å². The fourth-order valence-electron chi connectivity index (χ4n) is 2.96. The monoisotopic (exact) mass is 346 g/mol. The van der Waals surface area contributed by atoms with Crippen LogP contribution in [0.2, 0.25) is 0 Å². The van der Waals surface area contributed by atoms with Gasteiger partial charge < -0.3 is 20.4 Å². The van der Waals surface area contributed by atoms with Crippen molar-refractivity contribution >= 4 is 12.2 Å². The average Bonchev–Trinajstić information content (AvgIpc) is 2.65. The van der Waals surface area contributed by atoms with Crippen LogP contribution in [0.15, 0.2) is 61.7 Å². The minimum absolute atomic E-state index is 0.211. The zero-order valence-corrected chi connectivity index (χ0v) is 14.0. The van der Waals surface area contributed by atoms with E-state index in [0.717, 1.165) is 22.3 Å². The van der Waals surface area contributed by atoms with Gasteiger partial charge in [0.15, 0.2) is 23.0 Å². The summed E-state index contributed by atoms with van der Waals surface area (Å²) in [7, 11) is 0. The molecule has 4 N–H and O–H groups in total. The predicted octanol–water partition coefficient (Wildman–Crippen LogP) is 5.13. The summed E-state index contributed by atoms with van der Waals surface area (Å²) >= 11 is 0. The molecule has 3 rings (SSSR count). The molecule has 0 aromatic heterocycles. The second-order valence-electron chi connectivity index (χ2n) is 5.81. The zero-order chi connectivity index (χ0) is 18.8. The quantitative estimate of drug-likeness (QED) is 0.494. The van der Waals surface area contributed by atoms with Crippen molar-refractivity contribution in [2.45, 2.75) is 0 Å². The fourth-order valence-corrected chi connectivity index (χ4v) is 2.96. The highest BCUT2D eigenvalue weighted by atomic mass is 16.3. The Balaban J connectivity index is 2.40. The van der Waals surface area contributed by atoms with Crippen molar-refractivity contribution < 1.29 is 20.4 Å². The van der Waals surface area contributed by atoms with E-state index in [1.807, 2.05) is 12.1 Å². The van der Waals surface area contributed by atoms with E-state index in [2.05, 4.69) is 13.2 Å². The number of aromatic hydroxyl groups is 4. The molecule has 0 amide bonds. The van der Waals surface area contributed by atoms with Gasteiger partial charge in [-0.1, -0.05) is 49.6 Å². The van der Waals surface area contributed by atoms with Gasteiger partial charge >= 0.3 is 0 Å². The molecule has 0 spiro atoms. The number of hydrogen-bond donors (Lipinski definition) is 4. The molecule has 0 aliphatic carbocycles. The zero-order valence-electron chi connectivity index (χ0n) is 14.0. The molecule has 0 aliphatic heterocycles. The highest BCUT2D eigenvalue weighted by Crippen LogP contribution is 2.42. The second kappa shape index (κ2) is 6.69. The van der Waals surface area contributed by atoms with Crippen LogP contribution in [-0.2, 0) is 0 Å². The van der Waals surface area contributed by atoms with Crippen molar-refractivity contribution in [3.8, 4) is 45.3 Å². The highest BCUT2D eigenvalue weighted by Gasteiger charge is 2.17. The molecule has 0 aliphatic rings. The van der Waals surface area contributed by atoms with Crippen molar-refractivity contribution in [2.24, 2.45) is 0 Å². The van der Waals surface area contributed by atoms with E-state index in [1.54, 1.807) is 24.3 Å². The lowest BCUT2D eigenvalue weighted by Crippen LogP contribution is -1.93. The Kier molecular flexibility index (Phi) is 4.42. The standard InChI is InChI=1S/C22H18O4/c1-3-13-5-6-14(4-2)22(16-8-10-18(24)20(26)12-16)21(13)15-7-9-17(23)19(25)11-15/h3-12,23-26H,1-2H2. The lowest BCUT2D eigenvalue weighted by atomic mass is 9.86. The van der Waals surface area contributed by atoms with Gasteiger partial charge in [0, 0.05) is 0 Å². The van der Waals surface area contributed by atoms with Crippen LogP contribution in [0.3, 0.4) is 0 Å². The Labute approximate surface area is 151 Å². The van der Waals surface area contributed by atoms with Crippen LogP contribution in [0.5, 0.6) is 23.0 Å². The van der Waals surface area contributed by atoms with Gasteiger partial charge in [0.1, 0.15) is 0 Å². The average molecular weight is 346 g/mol. The molecule has 0 atom stereocenters. The minimum Gasteiger partial charge on any atom is -0.504 e. The SMILES string of the molecule is C=Cc1ccc(C=C)c(-c2ccc(O)c(O)c2)c1-c1ccc(O)c(O)c1. The van der Waals surface area contributed by atoms with Gasteiger partial charge in [-0.3, -0.25) is 0 Å². The topological polar surface area (TPSA) is 80.9 Å². The third-order valence-corrected chi connectivity index (χ3v) is 4.24. The molecule has 130 valence electrons. The molecule has 0 heterocycles. The van der Waals surface area contributed by atoms with Crippen LogP contribution in [0.25, 0.3) is 34.4 Å². The molecule has 0 fully saturated rings. The molecule has 3 aromatic carbocycles. The molecular weight excluding hydrogens is 328 g/mol. The van der Waals surface area contributed by atoms with Gasteiger partial charge in [-0.25, -0.2) is 0 Å². The Hall–Kier alpha value is -3.66. The summed E-state index contributed by atoms with van der Waals surface area (Å²) in [5, 5.41) is 39.1. The van der Waals surface area contributed by atoms with Crippen LogP contribution >= 0.6 is 0 Å². The maximum absolute atomic E-state index is 9.92. The minimum atomic E-state index is -0.235. The van der Waals surface area contributed by atoms with Crippen molar-refractivity contribution in [3.63, 3.8) is 0 Å². The number of benzene rings is 3. The Bertz CT molecular complexity index is 936. The third-order valence-electron chi connectivity index (χ3n) is 4.24. The normalized spacial score (nSPS) is 10.5. The van der Waals surface area contributed by atoms with E-state index < -0.39 is 0 Å². The summed E-state index contributed by atoms with van der Waals surface area (Å²) in [6.45, 7) is 7.70. The summed E-state index contributed by atoms with van der Waals surface area (Å²) in [5.41, 5.74) is 4.48. The summed E-state index contributed by atoms with van der Waals surface area (Å²) in [6, 6.07) is 12.9. The van der Waals surface area contributed by atoms with Crippen molar-refractivity contribution in [1.29, 1.82) is 0 Å². The van der Waals surface area contributed by atoms with Gasteiger partial charge in [-0.2, -0.15) is 0 Å². The number of phenolic OH excluding ortho intramolecular Hbond substituents is 4. The summed E-state index contributed by atoms with van der Waals surface area (Å²) in [6.07, 6.45) is 3.38. The van der Waals surface area contributed by atoms with Gasteiger partial charge in [0.05, 0.1) is 0 Å². The molecule has 0 radical (unpaired) electrons. The van der Waals surface area contributed by atoms with E-state index in [4.69, 9.17) is 0 Å². The molecule has 4 heteroatoms. The van der Waals surface area contributed by atoms with E-state index in [1.165, 1.54) is 24.3 Å². The number of rotatable bonds is 4. The first-order valence-corrected chi connectivity index (χ1v) is 7.93. The van der Waals surface area contributed by atoms with E-state index in [9.17, 15) is 20.4 Å². The Morgan fingerprint density at radius 1 is 0.538 bits per heavy atom. The molecular formula is C22H18O4. The van der Waals surface area contributed by atoms with E-state index >= 15 is 0 Å². The van der Waals surface area contributed by atoms with Gasteiger partial charge in [0.2, 0.25) is 0 Å². The summed E-state index contributed by atoms with van der Waals surface area (Å²) in [4.78, 5) is 0. The Morgan fingerprint density at radius 3 is 1.23 bits per heavy atom. The first-order valence-electron chi connectivity index (χ1n) is 7.93. The fraction of sp³-hybridized carbons (Fsp3) is 0. The van der Waals surface area contributed by atoms with Gasteiger partial charge in [0.25, 0.3) is 0 Å². The van der Waals surface area contributed by atoms with Crippen LogP contribution in [-0.4, -0.2) is 20.4 Å². The smallest absolute Gasteiger partial charge is 0.158 e. The maximum atomic E-state index is 9.92. The molecule has 0 saturated heterocycles. The van der Waals surface area contributed by atoms with Crippen molar-refractivity contribution in [3.05, 3.63) is 72.8 Å². The van der Waals surface area contributed by atoms with Crippen LogP contribution in [0.1, 0.15) is 11.1 Å². The van der Waals surface area contributed by atoms with Gasteiger partial charge in [-0.15, -0.1) is 0 Å². The molecule has 26 heavy (non-hydrogen) atoms. The van der Waals surface area contributed by atoms with Crippen molar-refractivity contribution in [1.82, 2.24) is 0 Å². The Morgan fingerprint density at radius 2 is 0.923 bits per heavy atom. The number of hydrogen-bond acceptors (Lipinski definition) is 4. The molecule has 3 aromatic rings. The summed E-state index contributed by atoms with van der Waals surface area (Å²) in [5.74, 6) is -0.891. The summed E-state index contributed by atoms with van der Waals surface area (Å²) < 4.78 is 0. The van der Waals surface area contributed by atoms with Crippen LogP contribution < -0.4 is 0 Å². The molecule has 0 unspecified atom stereocenters. The lowest BCUT2D eigenvalue weighted by molar-refractivity contribution is 0.404. The first kappa shape index (κ1) is 17.2. The van der Waals surface area contributed by atoms with Crippen LogP contribution in [0, 0.1) is 0 Å². The number of phenols is 4. The van der Waals surface area contributed by atoms with Crippen molar-refractivity contribution in [2.75, 3.05) is 0 Å². The molecule has 4 nitrogen and oxygen atoms in total. The lowest BCUT2D eigenvalue weighted by Gasteiger charge is -2.18. The highest BCUT2D eigenvalue weighted by molar-refractivity contribution is 5.94. The predicted molar refractivity (Wildman–Crippen MR) is 104 cm³/mol. The second-order valence-corrected chi connectivity index (χ2v) is 5.81. The third kappa shape index (κ3) is 2.89. The van der Waals surface area contributed by atoms with Crippen LogP contribution in [0.4, 0.5) is 0 Å². The maximum Gasteiger partial charge on any atom is 0.158 e. The first-order chi connectivity index (χ1) is 12.5. The van der Waals surface area contributed by atoms with Gasteiger partial charge in [-0.05, 0) is 57.6 Å². The largest absolute Gasteiger partial charge is 0.504 e. The molecule has 0 bridgehead atoms.